The minimum atomic E-state index is 0.685. The molecule has 0 N–H and O–H groups in total. The van der Waals surface area contributed by atoms with Gasteiger partial charge in [-0.2, -0.15) is 0 Å². The summed E-state index contributed by atoms with van der Waals surface area (Å²) in [6.45, 7) is 0. The van der Waals surface area contributed by atoms with E-state index in [4.69, 9.17) is 4.42 Å². The van der Waals surface area contributed by atoms with Gasteiger partial charge in [0.2, 0.25) is 0 Å². The van der Waals surface area contributed by atoms with Crippen LogP contribution in [0.3, 0.4) is 0 Å². The lowest BCUT2D eigenvalue weighted by Gasteiger charge is -2.27. The van der Waals surface area contributed by atoms with Gasteiger partial charge in [-0.25, -0.2) is 0 Å². The molecular weight excluding hydrogens is 717 g/mol. The lowest BCUT2D eigenvalue weighted by Crippen LogP contribution is -2.10. The molecule has 2 aliphatic carbocycles. The second kappa shape index (κ2) is 15.5. The smallest absolute Gasteiger partial charge is 0.136 e. The molecule has 0 spiro atoms. The van der Waals surface area contributed by atoms with Crippen LogP contribution in [0.5, 0.6) is 0 Å². The molecule has 2 fully saturated rings. The zero-order chi connectivity index (χ0) is 39.1. The number of hydrogen-bond donors (Lipinski definition) is 0. The Kier molecular flexibility index (Phi) is 9.38. The molecule has 290 valence electrons. The van der Waals surface area contributed by atoms with E-state index in [-0.39, 0.29) is 0 Å². The van der Waals surface area contributed by atoms with Crippen molar-refractivity contribution in [1.29, 1.82) is 0 Å². The van der Waals surface area contributed by atoms with Gasteiger partial charge < -0.3 is 14.2 Å². The summed E-state index contributed by atoms with van der Waals surface area (Å²) in [5.41, 5.74) is 11.7. The SMILES string of the molecule is c1ccc(N(c2ccc(C3CCCCC3)cc2)c2ccc3c(ccc4oc5ccc6cc(N(c7ccccc7)c7ccc(C8CCCCC8)cc7)ccc6c5c43)c2)cc1. The Morgan fingerprint density at radius 3 is 1.12 bits per heavy atom. The van der Waals surface area contributed by atoms with Gasteiger partial charge in [-0.3, -0.25) is 0 Å². The molecule has 59 heavy (non-hydrogen) atoms. The van der Waals surface area contributed by atoms with Gasteiger partial charge in [-0.15, -0.1) is 0 Å². The van der Waals surface area contributed by atoms with Gasteiger partial charge in [-0.1, -0.05) is 123 Å². The standard InChI is InChI=1S/C56H50N2O/c1-5-13-39(14-6-1)41-21-27-47(28-22-41)57(45-17-9-3-10-18-45)49-31-33-51-43(37-49)25-35-53-55(51)56-52-34-32-50(38-44(52)26-36-54(56)59-53)58(46-19-11-4-12-20-46)48-29-23-42(24-30-48)40-15-7-2-8-16-40/h3-4,9-12,17-40H,1-2,5-8,13-16H2. The summed E-state index contributed by atoms with van der Waals surface area (Å²) in [5.74, 6) is 1.37. The van der Waals surface area contributed by atoms with Gasteiger partial charge in [0.15, 0.2) is 0 Å². The predicted molar refractivity (Wildman–Crippen MR) is 250 cm³/mol. The van der Waals surface area contributed by atoms with Crippen LogP contribution in [0.2, 0.25) is 0 Å². The van der Waals surface area contributed by atoms with Gasteiger partial charge in [0.1, 0.15) is 11.2 Å². The van der Waals surface area contributed by atoms with E-state index in [0.29, 0.717) is 11.8 Å². The first-order chi connectivity index (χ1) is 29.2. The number of benzene rings is 8. The quantitative estimate of drug-likeness (QED) is 0.154. The van der Waals surface area contributed by atoms with E-state index in [1.54, 1.807) is 0 Å². The van der Waals surface area contributed by atoms with E-state index in [9.17, 15) is 0 Å². The molecule has 0 aliphatic heterocycles. The van der Waals surface area contributed by atoms with Crippen molar-refractivity contribution in [1.82, 2.24) is 0 Å². The topological polar surface area (TPSA) is 19.6 Å². The van der Waals surface area contributed by atoms with E-state index in [1.807, 2.05) is 0 Å². The Morgan fingerprint density at radius 2 is 0.712 bits per heavy atom. The first kappa shape index (κ1) is 35.8. The van der Waals surface area contributed by atoms with Crippen LogP contribution in [0, 0.1) is 0 Å². The molecule has 2 saturated carbocycles. The second-order valence-corrected chi connectivity index (χ2v) is 17.0. The van der Waals surface area contributed by atoms with E-state index >= 15 is 0 Å². The molecule has 0 amide bonds. The van der Waals surface area contributed by atoms with Crippen molar-refractivity contribution in [3.63, 3.8) is 0 Å². The number of hydrogen-bond acceptors (Lipinski definition) is 3. The zero-order valence-electron chi connectivity index (χ0n) is 33.7. The second-order valence-electron chi connectivity index (χ2n) is 17.0. The summed E-state index contributed by atoms with van der Waals surface area (Å²) < 4.78 is 6.60. The van der Waals surface area contributed by atoms with Crippen molar-refractivity contribution in [3.8, 4) is 0 Å². The molecule has 3 nitrogen and oxygen atoms in total. The highest BCUT2D eigenvalue weighted by molar-refractivity contribution is 6.26. The van der Waals surface area contributed by atoms with Crippen molar-refractivity contribution >= 4 is 77.6 Å². The lowest BCUT2D eigenvalue weighted by atomic mass is 9.84. The van der Waals surface area contributed by atoms with Crippen molar-refractivity contribution in [3.05, 3.63) is 181 Å². The van der Waals surface area contributed by atoms with Gasteiger partial charge >= 0.3 is 0 Å². The van der Waals surface area contributed by atoms with Crippen molar-refractivity contribution in [2.45, 2.75) is 76.0 Å². The highest BCUT2D eigenvalue weighted by atomic mass is 16.3. The van der Waals surface area contributed by atoms with Crippen molar-refractivity contribution in [2.24, 2.45) is 0 Å². The van der Waals surface area contributed by atoms with E-state index in [0.717, 1.165) is 33.9 Å². The summed E-state index contributed by atoms with van der Waals surface area (Å²) in [7, 11) is 0. The molecule has 3 heteroatoms. The lowest BCUT2D eigenvalue weighted by molar-refractivity contribution is 0.443. The third kappa shape index (κ3) is 6.73. The maximum absolute atomic E-state index is 6.60. The highest BCUT2D eigenvalue weighted by Crippen LogP contribution is 2.44. The number of furan rings is 1. The molecule has 9 aromatic rings. The van der Waals surface area contributed by atoms with E-state index in [1.165, 1.54) is 119 Å². The number of fused-ring (bicyclic) bond motifs is 7. The van der Waals surface area contributed by atoms with Crippen LogP contribution in [0.1, 0.15) is 87.2 Å². The van der Waals surface area contributed by atoms with Gasteiger partial charge in [0.05, 0.1) is 0 Å². The predicted octanol–water partition coefficient (Wildman–Crippen LogP) is 16.9. The van der Waals surface area contributed by atoms with Crippen LogP contribution in [-0.2, 0) is 0 Å². The number of para-hydroxylation sites is 2. The Labute approximate surface area is 347 Å². The highest BCUT2D eigenvalue weighted by Gasteiger charge is 2.21. The maximum Gasteiger partial charge on any atom is 0.136 e. The van der Waals surface area contributed by atoms with Crippen LogP contribution >= 0.6 is 0 Å². The van der Waals surface area contributed by atoms with Crippen LogP contribution in [-0.4, -0.2) is 0 Å². The molecule has 8 aromatic carbocycles. The first-order valence-electron chi connectivity index (χ1n) is 22.0. The average Bonchev–Trinajstić information content (AvgIpc) is 3.71. The normalized spacial score (nSPS) is 15.3. The fraction of sp³-hybridized carbons (Fsp3) is 0.214. The van der Waals surface area contributed by atoms with Crippen LogP contribution in [0.15, 0.2) is 174 Å². The third-order valence-corrected chi connectivity index (χ3v) is 13.4. The maximum atomic E-state index is 6.60. The van der Waals surface area contributed by atoms with Crippen LogP contribution in [0.25, 0.3) is 43.5 Å². The van der Waals surface area contributed by atoms with Gasteiger partial charge in [0.25, 0.3) is 0 Å². The Hall–Kier alpha value is -6.32. The zero-order valence-corrected chi connectivity index (χ0v) is 33.7. The summed E-state index contributed by atoms with van der Waals surface area (Å²) >= 11 is 0. The van der Waals surface area contributed by atoms with Crippen molar-refractivity contribution in [2.75, 3.05) is 9.80 Å². The molecule has 11 rings (SSSR count). The summed E-state index contributed by atoms with van der Waals surface area (Å²) in [6, 6.07) is 62.9. The van der Waals surface area contributed by atoms with Gasteiger partial charge in [0, 0.05) is 44.9 Å². The Morgan fingerprint density at radius 1 is 0.339 bits per heavy atom. The van der Waals surface area contributed by atoms with E-state index < -0.39 is 0 Å². The van der Waals surface area contributed by atoms with E-state index in [2.05, 4.69) is 180 Å². The molecule has 0 radical (unpaired) electrons. The largest absolute Gasteiger partial charge is 0.456 e. The average molecular weight is 767 g/mol. The molecular formula is C56H50N2O. The summed E-state index contributed by atoms with van der Waals surface area (Å²) in [6.07, 6.45) is 13.4. The number of anilines is 6. The molecule has 1 heterocycles. The molecule has 1 aromatic heterocycles. The minimum absolute atomic E-state index is 0.685. The Bertz CT molecular complexity index is 2680. The summed E-state index contributed by atoms with van der Waals surface area (Å²) in [4.78, 5) is 4.78. The number of rotatable bonds is 8. The monoisotopic (exact) mass is 766 g/mol. The summed E-state index contributed by atoms with van der Waals surface area (Å²) in [5, 5.41) is 7.13. The Balaban J connectivity index is 0.992. The van der Waals surface area contributed by atoms with Crippen LogP contribution < -0.4 is 9.80 Å². The van der Waals surface area contributed by atoms with Crippen molar-refractivity contribution < 1.29 is 4.42 Å². The van der Waals surface area contributed by atoms with Gasteiger partial charge in [-0.05, 0) is 155 Å². The molecule has 0 saturated heterocycles. The first-order valence-corrected chi connectivity index (χ1v) is 22.0. The minimum Gasteiger partial charge on any atom is -0.456 e. The molecule has 2 aliphatic rings. The van der Waals surface area contributed by atoms with Crippen LogP contribution in [0.4, 0.5) is 34.1 Å². The fourth-order valence-corrected chi connectivity index (χ4v) is 10.4. The third-order valence-electron chi connectivity index (χ3n) is 13.4. The number of nitrogens with zero attached hydrogens (tertiary/aromatic N) is 2. The molecule has 0 unspecified atom stereocenters. The molecule has 0 atom stereocenters. The fourth-order valence-electron chi connectivity index (χ4n) is 10.4. The molecule has 0 bridgehead atoms.